The maximum absolute atomic E-state index is 10.1. The van der Waals surface area contributed by atoms with Gasteiger partial charge in [0.2, 0.25) is 0 Å². The normalized spacial score (nSPS) is 3.25. The molecule has 0 fully saturated rings. The van der Waals surface area contributed by atoms with Crippen LogP contribution in [0.3, 0.4) is 0 Å². The molecule has 0 aliphatic rings. The van der Waals surface area contributed by atoms with Crippen molar-refractivity contribution < 1.29 is 26.8 Å². The summed E-state index contributed by atoms with van der Waals surface area (Å²) < 4.78 is 10.1. The van der Waals surface area contributed by atoms with Crippen LogP contribution in [0.1, 0.15) is 0 Å². The zero-order valence-electron chi connectivity index (χ0n) is 1.96. The van der Waals surface area contributed by atoms with Crippen LogP contribution in [0.4, 0.5) is 4.39 Å². The van der Waals surface area contributed by atoms with Gasteiger partial charge in [-0.15, -0.1) is 0 Å². The Morgan fingerprint density at radius 2 is 1.75 bits per heavy atom. The van der Waals surface area contributed by atoms with Gasteiger partial charge in [0.15, 0.2) is 0 Å². The van der Waals surface area contributed by atoms with E-state index in [1.54, 1.807) is 0 Å². The van der Waals surface area contributed by atoms with Gasteiger partial charge in [-0.05, 0) is 0 Å². The maximum Gasteiger partial charge on any atom is 0.0795 e. The predicted molar refractivity (Wildman–Crippen MR) is 11.3 cm³/mol. The molecule has 0 atom stereocenters. The van der Waals surface area contributed by atoms with E-state index in [2.05, 4.69) is 6.58 Å². The average Bonchev–Trinajstić information content (AvgIpc) is 0.918. The van der Waals surface area contributed by atoms with Gasteiger partial charge in [-0.25, -0.2) is 4.39 Å². The summed E-state index contributed by atoms with van der Waals surface area (Å²) in [6, 6.07) is 0. The van der Waals surface area contributed by atoms with Crippen LogP contribution >= 0.6 is 0 Å². The molecule has 0 aromatic heterocycles. The molecule has 0 aromatic rings. The first-order valence-corrected chi connectivity index (χ1v) is 0.626. The third-order valence-corrected chi connectivity index (χ3v) is 0. The van der Waals surface area contributed by atoms with Crippen molar-refractivity contribution in [3.05, 3.63) is 12.9 Å². The van der Waals surface area contributed by atoms with Crippen molar-refractivity contribution >= 4 is 0 Å². The van der Waals surface area contributed by atoms with Crippen LogP contribution in [0.25, 0.3) is 0 Å². The van der Waals surface area contributed by atoms with Gasteiger partial charge in [-0.3, -0.25) is 0 Å². The first-order chi connectivity index (χ1) is 1.41. The Bertz CT molecular complexity index is 13.5. The third kappa shape index (κ3) is 28.5. The van der Waals surface area contributed by atoms with Crippen LogP contribution in [-0.4, -0.2) is 0 Å². The number of hydrogen-bond acceptors (Lipinski definition) is 0. The SMILES string of the molecule is C=CF.[Au]. The van der Waals surface area contributed by atoms with Gasteiger partial charge in [0.1, 0.15) is 0 Å². The third-order valence-electron chi connectivity index (χ3n) is 0. The largest absolute Gasteiger partial charge is 0.216 e. The van der Waals surface area contributed by atoms with E-state index in [-0.39, 0.29) is 28.7 Å². The van der Waals surface area contributed by atoms with Crippen molar-refractivity contribution in [1.82, 2.24) is 0 Å². The fourth-order valence-electron chi connectivity index (χ4n) is 0. The van der Waals surface area contributed by atoms with Gasteiger partial charge >= 0.3 is 0 Å². The Morgan fingerprint density at radius 1 is 1.75 bits per heavy atom. The summed E-state index contributed by atoms with van der Waals surface area (Å²) in [5.74, 6) is 0. The summed E-state index contributed by atoms with van der Waals surface area (Å²) in [5.41, 5.74) is 0. The monoisotopic (exact) mass is 243 g/mol. The molecule has 2 heteroatoms. The number of rotatable bonds is 0. The molecule has 0 aliphatic carbocycles. The van der Waals surface area contributed by atoms with Crippen LogP contribution in [0, 0.1) is 0 Å². The Labute approximate surface area is 40.2 Å². The van der Waals surface area contributed by atoms with Gasteiger partial charge in [0, 0.05) is 22.4 Å². The van der Waals surface area contributed by atoms with E-state index in [4.69, 9.17) is 0 Å². The molecule has 0 heterocycles. The van der Waals surface area contributed by atoms with Crippen molar-refractivity contribution in [1.29, 1.82) is 0 Å². The Balaban J connectivity index is 0. The number of halogens is 1. The molecule has 0 aromatic carbocycles. The summed E-state index contributed by atoms with van der Waals surface area (Å²) >= 11 is 0. The minimum absolute atomic E-state index is 0. The second-order valence-electron chi connectivity index (χ2n) is 0.154. The van der Waals surface area contributed by atoms with Crippen molar-refractivity contribution in [2.24, 2.45) is 0 Å². The zero-order valence-corrected chi connectivity index (χ0v) is 4.13. The molecule has 0 bridgehead atoms. The summed E-state index contributed by atoms with van der Waals surface area (Å²) in [4.78, 5) is 0. The van der Waals surface area contributed by atoms with E-state index >= 15 is 0 Å². The number of hydrogen-bond donors (Lipinski definition) is 0. The van der Waals surface area contributed by atoms with Gasteiger partial charge < -0.3 is 0 Å². The zero-order chi connectivity index (χ0) is 2.71. The van der Waals surface area contributed by atoms with E-state index in [0.29, 0.717) is 0 Å². The molecule has 1 radical (unpaired) electrons. The van der Waals surface area contributed by atoms with Gasteiger partial charge in [0.25, 0.3) is 0 Å². The van der Waals surface area contributed by atoms with Crippen molar-refractivity contribution in [3.63, 3.8) is 0 Å². The smallest absolute Gasteiger partial charge is 0.0795 e. The minimum Gasteiger partial charge on any atom is -0.216 e. The van der Waals surface area contributed by atoms with Crippen LogP contribution in [0.15, 0.2) is 12.9 Å². The molecule has 0 saturated carbocycles. The molecule has 0 aliphatic heterocycles. The van der Waals surface area contributed by atoms with Crippen LogP contribution < -0.4 is 0 Å². The van der Waals surface area contributed by atoms with E-state index in [1.807, 2.05) is 0 Å². The average molecular weight is 243 g/mol. The molecule has 29 valence electrons. The fourth-order valence-corrected chi connectivity index (χ4v) is 0. The molecular weight excluding hydrogens is 240 g/mol. The summed E-state index contributed by atoms with van der Waals surface area (Å²) in [6.07, 6.45) is 0.250. The van der Waals surface area contributed by atoms with E-state index < -0.39 is 0 Å². The molecule has 4 heavy (non-hydrogen) atoms. The van der Waals surface area contributed by atoms with E-state index in [0.717, 1.165) is 0 Å². The first-order valence-electron chi connectivity index (χ1n) is 0.626. The second kappa shape index (κ2) is 9.96. The first kappa shape index (κ1) is 8.83. The van der Waals surface area contributed by atoms with Crippen LogP contribution in [-0.2, 0) is 22.4 Å². The standard InChI is InChI=1S/C2H3F.Au/c1-2-3;/h2H,1H2;. The van der Waals surface area contributed by atoms with Gasteiger partial charge in [-0.1, -0.05) is 6.58 Å². The van der Waals surface area contributed by atoms with Gasteiger partial charge in [0.05, 0.1) is 6.33 Å². The molecule has 0 unspecified atom stereocenters. The second-order valence-corrected chi connectivity index (χ2v) is 0.154. The topological polar surface area (TPSA) is 0 Å². The van der Waals surface area contributed by atoms with Crippen LogP contribution in [0.5, 0.6) is 0 Å². The summed E-state index contributed by atoms with van der Waals surface area (Å²) in [6.45, 7) is 2.69. The molecule has 0 spiro atoms. The molecule has 0 saturated heterocycles. The van der Waals surface area contributed by atoms with Crippen molar-refractivity contribution in [3.8, 4) is 0 Å². The van der Waals surface area contributed by atoms with E-state index in [9.17, 15) is 4.39 Å². The maximum atomic E-state index is 10.1. The molecular formula is C2H3AuF. The minimum atomic E-state index is 0. The van der Waals surface area contributed by atoms with Crippen molar-refractivity contribution in [2.45, 2.75) is 0 Å². The molecule has 0 N–H and O–H groups in total. The quantitative estimate of drug-likeness (QED) is 0.559. The Kier molecular flexibility index (Phi) is 22.0. The van der Waals surface area contributed by atoms with Gasteiger partial charge in [-0.2, -0.15) is 0 Å². The summed E-state index contributed by atoms with van der Waals surface area (Å²) in [7, 11) is 0. The fraction of sp³-hybridized carbons (Fsp3) is 0. The molecule has 0 rings (SSSR count). The Hall–Kier alpha value is 0.410. The molecule has 0 nitrogen and oxygen atoms in total. The van der Waals surface area contributed by atoms with Crippen LogP contribution in [0.2, 0.25) is 0 Å². The van der Waals surface area contributed by atoms with E-state index in [1.165, 1.54) is 0 Å². The molecule has 0 amide bonds. The predicted octanol–water partition coefficient (Wildman–Crippen LogP) is 1.10. The summed E-state index contributed by atoms with van der Waals surface area (Å²) in [5, 5.41) is 0. The Morgan fingerprint density at radius 3 is 1.75 bits per heavy atom. The van der Waals surface area contributed by atoms with Crippen molar-refractivity contribution in [2.75, 3.05) is 0 Å².